The van der Waals surface area contributed by atoms with E-state index < -0.39 is 6.29 Å². The lowest BCUT2D eigenvalue weighted by Crippen LogP contribution is -2.09. The lowest BCUT2D eigenvalue weighted by Gasteiger charge is -2.11. The molecule has 1 aromatic carbocycles. The van der Waals surface area contributed by atoms with Crippen molar-refractivity contribution >= 4 is 5.97 Å². The van der Waals surface area contributed by atoms with E-state index >= 15 is 0 Å². The maximum atomic E-state index is 11.4. The smallest absolute Gasteiger partial charge is 0.310 e. The van der Waals surface area contributed by atoms with Gasteiger partial charge in [0.25, 0.3) is 0 Å². The van der Waals surface area contributed by atoms with Crippen LogP contribution in [0.4, 0.5) is 0 Å². The molecule has 0 unspecified atom stereocenters. The predicted molar refractivity (Wildman–Crippen MR) is 66.1 cm³/mol. The van der Waals surface area contributed by atoms with Gasteiger partial charge in [-0.05, 0) is 18.6 Å². The third kappa shape index (κ3) is 3.31. The molecule has 0 atom stereocenters. The maximum absolute atomic E-state index is 11.4. The van der Waals surface area contributed by atoms with E-state index in [0.29, 0.717) is 30.9 Å². The molecule has 0 saturated carbocycles. The van der Waals surface area contributed by atoms with Crippen LogP contribution in [0.15, 0.2) is 18.2 Å². The summed E-state index contributed by atoms with van der Waals surface area (Å²) in [5.74, 6) is -0.333. The molecule has 0 bridgehead atoms. The fourth-order valence-corrected chi connectivity index (χ4v) is 1.92. The molecule has 1 fully saturated rings. The van der Waals surface area contributed by atoms with E-state index in [9.17, 15) is 4.79 Å². The number of nitriles is 1. The van der Waals surface area contributed by atoms with Gasteiger partial charge in [0, 0.05) is 5.56 Å². The number of rotatable bonds is 4. The van der Waals surface area contributed by atoms with E-state index in [2.05, 4.69) is 6.07 Å². The van der Waals surface area contributed by atoms with Gasteiger partial charge in [0.15, 0.2) is 6.29 Å². The summed E-state index contributed by atoms with van der Waals surface area (Å²) >= 11 is 0. The van der Waals surface area contributed by atoms with E-state index in [1.807, 2.05) is 6.07 Å². The van der Waals surface area contributed by atoms with Crippen LogP contribution in [0.25, 0.3) is 0 Å². The Morgan fingerprint density at radius 1 is 1.47 bits per heavy atom. The average molecular weight is 261 g/mol. The molecule has 2 rings (SSSR count). The minimum Gasteiger partial charge on any atom is -0.466 e. The van der Waals surface area contributed by atoms with E-state index in [0.717, 1.165) is 5.56 Å². The van der Waals surface area contributed by atoms with Crippen LogP contribution in [0.1, 0.15) is 29.9 Å². The summed E-state index contributed by atoms with van der Waals surface area (Å²) in [5, 5.41) is 9.14. The van der Waals surface area contributed by atoms with Gasteiger partial charge >= 0.3 is 5.97 Å². The molecule has 0 aromatic heterocycles. The zero-order valence-corrected chi connectivity index (χ0v) is 10.7. The molecule has 1 aliphatic heterocycles. The molecule has 5 heteroatoms. The summed E-state index contributed by atoms with van der Waals surface area (Å²) in [4.78, 5) is 11.4. The summed E-state index contributed by atoms with van der Waals surface area (Å²) in [6.45, 7) is 3.19. The van der Waals surface area contributed by atoms with Crippen LogP contribution in [-0.4, -0.2) is 25.8 Å². The monoisotopic (exact) mass is 261 g/mol. The van der Waals surface area contributed by atoms with Gasteiger partial charge in [0.2, 0.25) is 0 Å². The highest BCUT2D eigenvalue weighted by Gasteiger charge is 2.19. The zero-order valence-electron chi connectivity index (χ0n) is 10.7. The van der Waals surface area contributed by atoms with Crippen molar-refractivity contribution in [3.63, 3.8) is 0 Å². The van der Waals surface area contributed by atoms with Crippen molar-refractivity contribution < 1.29 is 19.0 Å². The minimum atomic E-state index is -0.413. The SMILES string of the molecule is CCOC(=O)Cc1ccc(C2OCCO2)cc1C#N. The van der Waals surface area contributed by atoms with Crippen molar-refractivity contribution in [3.8, 4) is 6.07 Å². The Morgan fingerprint density at radius 3 is 2.84 bits per heavy atom. The molecule has 0 aliphatic carbocycles. The first-order chi connectivity index (χ1) is 9.24. The van der Waals surface area contributed by atoms with Crippen LogP contribution in [0.3, 0.4) is 0 Å². The van der Waals surface area contributed by atoms with Crippen LogP contribution < -0.4 is 0 Å². The molecule has 5 nitrogen and oxygen atoms in total. The van der Waals surface area contributed by atoms with Gasteiger partial charge in [-0.2, -0.15) is 5.26 Å². The molecule has 100 valence electrons. The van der Waals surface area contributed by atoms with Gasteiger partial charge in [-0.15, -0.1) is 0 Å². The van der Waals surface area contributed by atoms with Crippen LogP contribution >= 0.6 is 0 Å². The number of carbonyl (C=O) groups is 1. The lowest BCUT2D eigenvalue weighted by atomic mass is 10.0. The Balaban J connectivity index is 2.16. The fraction of sp³-hybridized carbons (Fsp3) is 0.429. The number of benzene rings is 1. The number of hydrogen-bond acceptors (Lipinski definition) is 5. The summed E-state index contributed by atoms with van der Waals surface area (Å²) in [6, 6.07) is 7.34. The first-order valence-corrected chi connectivity index (χ1v) is 6.16. The Bertz CT molecular complexity index is 501. The average Bonchev–Trinajstić information content (AvgIpc) is 2.93. The third-order valence-electron chi connectivity index (χ3n) is 2.79. The first-order valence-electron chi connectivity index (χ1n) is 6.16. The number of esters is 1. The molecule has 19 heavy (non-hydrogen) atoms. The van der Waals surface area contributed by atoms with Crippen molar-refractivity contribution in [2.45, 2.75) is 19.6 Å². The largest absolute Gasteiger partial charge is 0.466 e. The standard InChI is InChI=1S/C14H15NO4/c1-2-17-13(16)8-10-3-4-11(7-12(10)9-15)14-18-5-6-19-14/h3-4,7,14H,2,5-6,8H2,1H3. The quantitative estimate of drug-likeness (QED) is 0.772. The number of ether oxygens (including phenoxy) is 3. The molecule has 0 spiro atoms. The van der Waals surface area contributed by atoms with Crippen LogP contribution in [-0.2, 0) is 25.4 Å². The highest BCUT2D eigenvalue weighted by molar-refractivity contribution is 5.73. The summed E-state index contributed by atoms with van der Waals surface area (Å²) in [6.07, 6.45) is -0.313. The van der Waals surface area contributed by atoms with Gasteiger partial charge in [0.1, 0.15) is 0 Å². The second kappa shape index (κ2) is 6.32. The highest BCUT2D eigenvalue weighted by atomic mass is 16.7. The van der Waals surface area contributed by atoms with E-state index in [1.165, 1.54) is 0 Å². The molecule has 1 aliphatic rings. The molecular weight excluding hydrogens is 246 g/mol. The molecule has 1 saturated heterocycles. The first kappa shape index (κ1) is 13.5. The summed E-state index contributed by atoms with van der Waals surface area (Å²) in [5.41, 5.74) is 1.90. The fourth-order valence-electron chi connectivity index (χ4n) is 1.92. The van der Waals surface area contributed by atoms with Crippen LogP contribution in [0.2, 0.25) is 0 Å². The number of nitrogens with zero attached hydrogens (tertiary/aromatic N) is 1. The lowest BCUT2D eigenvalue weighted by molar-refractivity contribution is -0.142. The summed E-state index contributed by atoms with van der Waals surface area (Å²) in [7, 11) is 0. The molecular formula is C14H15NO4. The minimum absolute atomic E-state index is 0.101. The highest BCUT2D eigenvalue weighted by Crippen LogP contribution is 2.25. The second-order valence-electron chi connectivity index (χ2n) is 4.08. The van der Waals surface area contributed by atoms with Crippen molar-refractivity contribution in [2.24, 2.45) is 0 Å². The second-order valence-corrected chi connectivity index (χ2v) is 4.08. The Kier molecular flexibility index (Phi) is 4.50. The number of carbonyl (C=O) groups excluding carboxylic acids is 1. The predicted octanol–water partition coefficient (Wildman–Crippen LogP) is 1.71. The van der Waals surface area contributed by atoms with Gasteiger partial charge in [-0.25, -0.2) is 0 Å². The summed E-state index contributed by atoms with van der Waals surface area (Å²) < 4.78 is 15.6. The molecule has 0 amide bonds. The van der Waals surface area contributed by atoms with Crippen molar-refractivity contribution in [2.75, 3.05) is 19.8 Å². The Morgan fingerprint density at radius 2 is 2.21 bits per heavy atom. The third-order valence-corrected chi connectivity index (χ3v) is 2.79. The Labute approximate surface area is 111 Å². The van der Waals surface area contributed by atoms with Crippen molar-refractivity contribution in [3.05, 3.63) is 34.9 Å². The van der Waals surface area contributed by atoms with E-state index in [4.69, 9.17) is 19.5 Å². The van der Waals surface area contributed by atoms with Crippen LogP contribution in [0, 0.1) is 11.3 Å². The number of hydrogen-bond donors (Lipinski definition) is 0. The van der Waals surface area contributed by atoms with Gasteiger partial charge < -0.3 is 14.2 Å². The Hall–Kier alpha value is -1.90. The maximum Gasteiger partial charge on any atom is 0.310 e. The molecule has 1 aromatic rings. The van der Waals surface area contributed by atoms with Crippen molar-refractivity contribution in [1.29, 1.82) is 5.26 Å². The normalized spacial score (nSPS) is 15.2. The van der Waals surface area contributed by atoms with Gasteiger partial charge in [-0.1, -0.05) is 12.1 Å². The van der Waals surface area contributed by atoms with Gasteiger partial charge in [0.05, 0.1) is 37.9 Å². The van der Waals surface area contributed by atoms with Crippen LogP contribution in [0.5, 0.6) is 0 Å². The molecule has 1 heterocycles. The van der Waals surface area contributed by atoms with E-state index in [-0.39, 0.29) is 12.4 Å². The van der Waals surface area contributed by atoms with Crippen molar-refractivity contribution in [1.82, 2.24) is 0 Å². The topological polar surface area (TPSA) is 68.6 Å². The molecule has 0 radical (unpaired) electrons. The van der Waals surface area contributed by atoms with E-state index in [1.54, 1.807) is 19.1 Å². The molecule has 0 N–H and O–H groups in total. The van der Waals surface area contributed by atoms with Gasteiger partial charge in [-0.3, -0.25) is 4.79 Å². The zero-order chi connectivity index (χ0) is 13.7.